The lowest BCUT2D eigenvalue weighted by atomic mass is 10.00. The van der Waals surface area contributed by atoms with E-state index in [0.29, 0.717) is 5.92 Å². The van der Waals surface area contributed by atoms with Crippen molar-refractivity contribution in [2.45, 2.75) is 32.2 Å². The summed E-state index contributed by atoms with van der Waals surface area (Å²) in [6.45, 7) is 2.76. The summed E-state index contributed by atoms with van der Waals surface area (Å²) in [4.78, 5) is 25.5. The highest BCUT2D eigenvalue weighted by Gasteiger charge is 2.56. The molecule has 2 unspecified atom stereocenters. The van der Waals surface area contributed by atoms with Gasteiger partial charge in [0.05, 0.1) is 30.6 Å². The number of rotatable bonds is 3. The summed E-state index contributed by atoms with van der Waals surface area (Å²) in [5.74, 6) is -0.538. The number of aliphatic hydroxyl groups excluding tert-OH is 2. The zero-order valence-corrected chi connectivity index (χ0v) is 10.2. The molecule has 2 atom stereocenters. The minimum Gasteiger partial charge on any atom is -0.394 e. The van der Waals surface area contributed by atoms with Crippen LogP contribution in [0.25, 0.3) is 0 Å². The summed E-state index contributed by atoms with van der Waals surface area (Å²) < 4.78 is 0. The van der Waals surface area contributed by atoms with Gasteiger partial charge >= 0.3 is 0 Å². The molecule has 0 bridgehead atoms. The number of likely N-dealkylation sites (tertiary alicyclic amines) is 1. The molecule has 1 saturated heterocycles. The van der Waals surface area contributed by atoms with Gasteiger partial charge in [0.1, 0.15) is 0 Å². The molecule has 0 aromatic carbocycles. The molecule has 1 heterocycles. The average Bonchev–Trinajstić information content (AvgIpc) is 2.79. The normalized spacial score (nSPS) is 33.4. The molecule has 2 aliphatic rings. The fraction of sp³-hybridized carbons (Fsp3) is 0.833. The van der Waals surface area contributed by atoms with Gasteiger partial charge in [-0.15, -0.1) is 0 Å². The van der Waals surface area contributed by atoms with Crippen molar-refractivity contribution in [1.82, 2.24) is 4.90 Å². The van der Waals surface area contributed by atoms with E-state index in [1.54, 1.807) is 0 Å². The molecule has 5 nitrogen and oxygen atoms in total. The van der Waals surface area contributed by atoms with Crippen LogP contribution in [0.1, 0.15) is 26.7 Å². The molecule has 1 aliphatic heterocycles. The van der Waals surface area contributed by atoms with Crippen molar-refractivity contribution in [2.75, 3.05) is 13.2 Å². The number of amides is 2. The lowest BCUT2D eigenvalue weighted by Gasteiger charge is -2.34. The predicted octanol–water partition coefficient (Wildman–Crippen LogP) is -0.239. The van der Waals surface area contributed by atoms with Gasteiger partial charge < -0.3 is 10.2 Å². The van der Waals surface area contributed by atoms with Crippen molar-refractivity contribution in [2.24, 2.45) is 17.8 Å². The van der Waals surface area contributed by atoms with Crippen LogP contribution in [0, 0.1) is 17.8 Å². The van der Waals surface area contributed by atoms with Crippen molar-refractivity contribution < 1.29 is 19.8 Å². The summed E-state index contributed by atoms with van der Waals surface area (Å²) >= 11 is 0. The van der Waals surface area contributed by atoms with Crippen molar-refractivity contribution in [3.63, 3.8) is 0 Å². The van der Waals surface area contributed by atoms with Crippen LogP contribution in [0.15, 0.2) is 0 Å². The highest BCUT2D eigenvalue weighted by Crippen LogP contribution is 2.44. The van der Waals surface area contributed by atoms with Crippen LogP contribution >= 0.6 is 0 Å². The average molecular weight is 241 g/mol. The molecule has 2 fully saturated rings. The maximum atomic E-state index is 12.2. The van der Waals surface area contributed by atoms with Crippen LogP contribution in [-0.4, -0.2) is 45.7 Å². The predicted molar refractivity (Wildman–Crippen MR) is 59.8 cm³/mol. The lowest BCUT2D eigenvalue weighted by Crippen LogP contribution is -2.55. The third-order valence-corrected chi connectivity index (χ3v) is 4.09. The van der Waals surface area contributed by atoms with Gasteiger partial charge in [0, 0.05) is 0 Å². The molecule has 0 radical (unpaired) electrons. The van der Waals surface area contributed by atoms with Gasteiger partial charge in [0.2, 0.25) is 11.8 Å². The summed E-state index contributed by atoms with van der Waals surface area (Å²) in [5.41, 5.74) is -1.16. The minimum absolute atomic E-state index is 0.227. The fourth-order valence-electron chi connectivity index (χ4n) is 3.00. The van der Waals surface area contributed by atoms with E-state index >= 15 is 0 Å². The molecule has 2 N–H and O–H groups in total. The maximum absolute atomic E-state index is 12.2. The fourth-order valence-corrected chi connectivity index (χ4v) is 3.00. The van der Waals surface area contributed by atoms with Gasteiger partial charge in [0.25, 0.3) is 0 Å². The quantitative estimate of drug-likeness (QED) is 0.669. The molecular formula is C12H19NO4. The molecule has 2 rings (SSSR count). The first-order chi connectivity index (χ1) is 7.94. The van der Waals surface area contributed by atoms with Gasteiger partial charge in [-0.25, -0.2) is 0 Å². The monoisotopic (exact) mass is 241 g/mol. The number of nitrogens with zero attached hydrogens (tertiary/aromatic N) is 1. The Bertz CT molecular complexity index is 326. The topological polar surface area (TPSA) is 77.8 Å². The lowest BCUT2D eigenvalue weighted by molar-refractivity contribution is -0.151. The molecule has 2 amide bonds. The molecule has 5 heteroatoms. The Morgan fingerprint density at radius 3 is 1.94 bits per heavy atom. The molecule has 96 valence electrons. The van der Waals surface area contributed by atoms with E-state index in [-0.39, 0.29) is 23.7 Å². The van der Waals surface area contributed by atoms with E-state index in [4.69, 9.17) is 0 Å². The van der Waals surface area contributed by atoms with E-state index in [2.05, 4.69) is 0 Å². The zero-order valence-electron chi connectivity index (χ0n) is 10.2. The van der Waals surface area contributed by atoms with Crippen molar-refractivity contribution in [1.29, 1.82) is 0 Å². The Hall–Kier alpha value is -0.940. The number of carbonyl (C=O) groups is 2. The van der Waals surface area contributed by atoms with Gasteiger partial charge in [0.15, 0.2) is 0 Å². The molecule has 17 heavy (non-hydrogen) atoms. The summed E-state index contributed by atoms with van der Waals surface area (Å²) in [6.07, 6.45) is 1.47. The number of hydrogen-bond donors (Lipinski definition) is 2. The molecule has 0 aromatic heterocycles. The van der Waals surface area contributed by atoms with Gasteiger partial charge in [-0.1, -0.05) is 6.92 Å². The number of carbonyl (C=O) groups excluding carboxylic acids is 2. The Morgan fingerprint density at radius 1 is 1.18 bits per heavy atom. The van der Waals surface area contributed by atoms with Gasteiger partial charge in [-0.3, -0.25) is 14.5 Å². The Kier molecular flexibility index (Phi) is 2.99. The molecule has 0 aromatic rings. The summed E-state index contributed by atoms with van der Waals surface area (Å²) in [7, 11) is 0. The maximum Gasteiger partial charge on any atom is 0.233 e. The van der Waals surface area contributed by atoms with Crippen LogP contribution in [0.2, 0.25) is 0 Å². The Morgan fingerprint density at radius 2 is 1.59 bits per heavy atom. The van der Waals surface area contributed by atoms with Gasteiger partial charge in [-0.05, 0) is 25.7 Å². The van der Waals surface area contributed by atoms with E-state index in [1.807, 2.05) is 6.92 Å². The minimum atomic E-state index is -1.16. The van der Waals surface area contributed by atoms with Crippen LogP contribution in [0.5, 0.6) is 0 Å². The van der Waals surface area contributed by atoms with E-state index < -0.39 is 18.8 Å². The first-order valence-electron chi connectivity index (χ1n) is 6.04. The molecule has 0 spiro atoms. The van der Waals surface area contributed by atoms with Gasteiger partial charge in [-0.2, -0.15) is 0 Å². The van der Waals surface area contributed by atoms with E-state index in [1.165, 1.54) is 6.92 Å². The van der Waals surface area contributed by atoms with Crippen LogP contribution in [0.3, 0.4) is 0 Å². The van der Waals surface area contributed by atoms with Crippen molar-refractivity contribution >= 4 is 11.8 Å². The number of hydrogen-bond acceptors (Lipinski definition) is 4. The molecule has 1 saturated carbocycles. The number of aliphatic hydroxyl groups is 2. The van der Waals surface area contributed by atoms with E-state index in [0.717, 1.165) is 17.7 Å². The first kappa shape index (κ1) is 12.5. The summed E-state index contributed by atoms with van der Waals surface area (Å²) in [6, 6.07) is 0. The number of imide groups is 1. The SMILES string of the molecule is CC1CC2C(=O)N(C(C)(CO)CO)C(=O)C2C1. The second kappa shape index (κ2) is 4.07. The zero-order chi connectivity index (χ0) is 12.8. The van der Waals surface area contributed by atoms with Crippen molar-refractivity contribution in [3.05, 3.63) is 0 Å². The third kappa shape index (κ3) is 1.68. The molecular weight excluding hydrogens is 222 g/mol. The second-order valence-corrected chi connectivity index (χ2v) is 5.61. The summed E-state index contributed by atoms with van der Waals surface area (Å²) in [5, 5.41) is 18.6. The van der Waals surface area contributed by atoms with Crippen LogP contribution < -0.4 is 0 Å². The second-order valence-electron chi connectivity index (χ2n) is 5.61. The first-order valence-corrected chi connectivity index (χ1v) is 6.04. The largest absolute Gasteiger partial charge is 0.394 e. The highest BCUT2D eigenvalue weighted by atomic mass is 16.3. The van der Waals surface area contributed by atoms with Crippen LogP contribution in [-0.2, 0) is 9.59 Å². The Balaban J connectivity index is 2.28. The Labute approximate surface area is 100 Å². The van der Waals surface area contributed by atoms with Crippen molar-refractivity contribution in [3.8, 4) is 0 Å². The third-order valence-electron chi connectivity index (χ3n) is 4.09. The molecule has 1 aliphatic carbocycles. The highest BCUT2D eigenvalue weighted by molar-refractivity contribution is 6.06. The number of fused-ring (bicyclic) bond motifs is 1. The standard InChI is InChI=1S/C12H19NO4/c1-7-3-8-9(4-7)11(17)13(10(8)16)12(2,5-14)6-15/h7-9,14-15H,3-6H2,1-2H3. The van der Waals surface area contributed by atoms with Crippen LogP contribution in [0.4, 0.5) is 0 Å². The smallest absolute Gasteiger partial charge is 0.233 e. The van der Waals surface area contributed by atoms with E-state index in [9.17, 15) is 19.8 Å².